The molecule has 0 atom stereocenters. The van der Waals surface area contributed by atoms with Crippen LogP contribution in [-0.4, -0.2) is 27.0 Å². The highest BCUT2D eigenvalue weighted by Gasteiger charge is 2.22. The minimum Gasteiger partial charge on any atom is -0.489 e. The SMILES string of the molecule is CC(C)N(Cc1nc(-c2ccccc2)no1)C(=O)c1cccc(OCc2ccccc2Cl)c1. The molecule has 0 aliphatic heterocycles. The number of amides is 1. The van der Waals surface area contributed by atoms with E-state index in [0.29, 0.717) is 34.7 Å². The van der Waals surface area contributed by atoms with Gasteiger partial charge in [0, 0.05) is 27.8 Å². The largest absolute Gasteiger partial charge is 0.489 e. The van der Waals surface area contributed by atoms with Gasteiger partial charge in [-0.3, -0.25) is 4.79 Å². The van der Waals surface area contributed by atoms with Crippen molar-refractivity contribution in [2.24, 2.45) is 0 Å². The van der Waals surface area contributed by atoms with Crippen LogP contribution in [0.1, 0.15) is 35.7 Å². The monoisotopic (exact) mass is 461 g/mol. The molecule has 6 nitrogen and oxygen atoms in total. The molecular formula is C26H24ClN3O3. The molecule has 4 rings (SSSR count). The number of carbonyl (C=O) groups is 1. The lowest BCUT2D eigenvalue weighted by Crippen LogP contribution is -2.36. The van der Waals surface area contributed by atoms with Gasteiger partial charge in [-0.2, -0.15) is 4.98 Å². The second-order valence-electron chi connectivity index (χ2n) is 7.81. The zero-order chi connectivity index (χ0) is 23.2. The molecule has 0 aliphatic rings. The molecule has 1 aromatic heterocycles. The minimum absolute atomic E-state index is 0.0720. The lowest BCUT2D eigenvalue weighted by atomic mass is 10.1. The third kappa shape index (κ3) is 5.59. The maximum Gasteiger partial charge on any atom is 0.254 e. The smallest absolute Gasteiger partial charge is 0.254 e. The van der Waals surface area contributed by atoms with Gasteiger partial charge in [0.15, 0.2) is 0 Å². The van der Waals surface area contributed by atoms with Crippen molar-refractivity contribution in [2.75, 3.05) is 0 Å². The molecule has 33 heavy (non-hydrogen) atoms. The first-order chi connectivity index (χ1) is 16.0. The van der Waals surface area contributed by atoms with Gasteiger partial charge in [-0.15, -0.1) is 0 Å². The van der Waals surface area contributed by atoms with Gasteiger partial charge in [0.25, 0.3) is 5.91 Å². The summed E-state index contributed by atoms with van der Waals surface area (Å²) in [7, 11) is 0. The predicted molar refractivity (Wildman–Crippen MR) is 127 cm³/mol. The quantitative estimate of drug-likeness (QED) is 0.321. The summed E-state index contributed by atoms with van der Waals surface area (Å²) in [6.07, 6.45) is 0. The first kappa shape index (κ1) is 22.6. The Balaban J connectivity index is 1.47. The van der Waals surface area contributed by atoms with E-state index in [2.05, 4.69) is 10.1 Å². The molecule has 0 saturated carbocycles. The molecule has 4 aromatic rings. The van der Waals surface area contributed by atoms with Crippen LogP contribution in [0.25, 0.3) is 11.4 Å². The van der Waals surface area contributed by atoms with Crippen LogP contribution >= 0.6 is 11.6 Å². The molecule has 1 amide bonds. The third-order valence-corrected chi connectivity index (χ3v) is 5.49. The van der Waals surface area contributed by atoms with Gasteiger partial charge in [-0.05, 0) is 38.1 Å². The Morgan fingerprint density at radius 3 is 2.55 bits per heavy atom. The average molecular weight is 462 g/mol. The van der Waals surface area contributed by atoms with Crippen molar-refractivity contribution in [3.8, 4) is 17.1 Å². The zero-order valence-electron chi connectivity index (χ0n) is 18.4. The number of benzene rings is 3. The summed E-state index contributed by atoms with van der Waals surface area (Å²) in [5, 5.41) is 4.69. The van der Waals surface area contributed by atoms with E-state index in [9.17, 15) is 4.79 Å². The highest BCUT2D eigenvalue weighted by molar-refractivity contribution is 6.31. The highest BCUT2D eigenvalue weighted by atomic mass is 35.5. The van der Waals surface area contributed by atoms with Crippen LogP contribution in [-0.2, 0) is 13.2 Å². The second kappa shape index (κ2) is 10.3. The number of nitrogens with zero attached hydrogens (tertiary/aromatic N) is 3. The van der Waals surface area contributed by atoms with Crippen LogP contribution < -0.4 is 4.74 Å². The van der Waals surface area contributed by atoms with Crippen molar-refractivity contribution in [1.82, 2.24) is 15.0 Å². The summed E-state index contributed by atoms with van der Waals surface area (Å²) in [5.74, 6) is 1.32. The van der Waals surface area contributed by atoms with E-state index in [4.69, 9.17) is 20.9 Å². The van der Waals surface area contributed by atoms with E-state index in [1.807, 2.05) is 74.5 Å². The van der Waals surface area contributed by atoms with Crippen molar-refractivity contribution < 1.29 is 14.1 Å². The maximum absolute atomic E-state index is 13.3. The van der Waals surface area contributed by atoms with Crippen LogP contribution in [0.2, 0.25) is 5.02 Å². The van der Waals surface area contributed by atoms with E-state index in [-0.39, 0.29) is 18.5 Å². The Kier molecular flexibility index (Phi) is 7.05. The Morgan fingerprint density at radius 1 is 1.03 bits per heavy atom. The molecule has 0 fully saturated rings. The molecule has 168 valence electrons. The summed E-state index contributed by atoms with van der Waals surface area (Å²) in [5.41, 5.74) is 2.26. The summed E-state index contributed by atoms with van der Waals surface area (Å²) < 4.78 is 11.3. The van der Waals surface area contributed by atoms with E-state index < -0.39 is 0 Å². The Morgan fingerprint density at radius 2 is 1.79 bits per heavy atom. The fraction of sp³-hybridized carbons (Fsp3) is 0.192. The van der Waals surface area contributed by atoms with E-state index in [0.717, 1.165) is 11.1 Å². The third-order valence-electron chi connectivity index (χ3n) is 5.12. The Bertz CT molecular complexity index is 1220. The van der Waals surface area contributed by atoms with Gasteiger partial charge in [0.1, 0.15) is 18.9 Å². The van der Waals surface area contributed by atoms with Gasteiger partial charge in [-0.1, -0.05) is 71.4 Å². The number of ether oxygens (including phenoxy) is 1. The molecule has 0 unspecified atom stereocenters. The van der Waals surface area contributed by atoms with Gasteiger partial charge >= 0.3 is 0 Å². The zero-order valence-corrected chi connectivity index (χ0v) is 19.2. The molecule has 7 heteroatoms. The number of hydrogen-bond donors (Lipinski definition) is 0. The van der Waals surface area contributed by atoms with Crippen LogP contribution in [0.4, 0.5) is 0 Å². The van der Waals surface area contributed by atoms with Crippen molar-refractivity contribution in [3.63, 3.8) is 0 Å². The van der Waals surface area contributed by atoms with E-state index >= 15 is 0 Å². The maximum atomic E-state index is 13.3. The normalized spacial score (nSPS) is 10.9. The molecular weight excluding hydrogens is 438 g/mol. The standard InChI is InChI=1S/C26H24ClN3O3/c1-18(2)30(16-24-28-25(29-33-24)19-9-4-3-5-10-19)26(31)20-12-8-13-22(15-20)32-17-21-11-6-7-14-23(21)27/h3-15,18H,16-17H2,1-2H3. The van der Waals surface area contributed by atoms with Crippen molar-refractivity contribution in [1.29, 1.82) is 0 Å². The van der Waals surface area contributed by atoms with Crippen molar-refractivity contribution in [3.05, 3.63) is 101 Å². The number of aromatic nitrogens is 2. The molecule has 1 heterocycles. The highest BCUT2D eigenvalue weighted by Crippen LogP contribution is 2.22. The second-order valence-corrected chi connectivity index (χ2v) is 8.22. The first-order valence-electron chi connectivity index (χ1n) is 10.7. The predicted octanol–water partition coefficient (Wildman–Crippen LogP) is 6.02. The molecule has 0 radical (unpaired) electrons. The van der Waals surface area contributed by atoms with Gasteiger partial charge in [0.05, 0.1) is 0 Å². The van der Waals surface area contributed by atoms with Crippen LogP contribution in [0, 0.1) is 0 Å². The Labute approximate surface area is 197 Å². The molecule has 0 saturated heterocycles. The fourth-order valence-electron chi connectivity index (χ4n) is 3.32. The lowest BCUT2D eigenvalue weighted by molar-refractivity contribution is 0.0667. The first-order valence-corrected chi connectivity index (χ1v) is 11.0. The van der Waals surface area contributed by atoms with Crippen LogP contribution in [0.5, 0.6) is 5.75 Å². The van der Waals surface area contributed by atoms with Crippen LogP contribution in [0.3, 0.4) is 0 Å². The average Bonchev–Trinajstić information content (AvgIpc) is 3.31. The van der Waals surface area contributed by atoms with E-state index in [1.54, 1.807) is 23.1 Å². The number of halogens is 1. The summed E-state index contributed by atoms with van der Waals surface area (Å²) in [6, 6.07) is 24.1. The Hall–Kier alpha value is -3.64. The molecule has 0 spiro atoms. The van der Waals surface area contributed by atoms with Crippen LogP contribution in [0.15, 0.2) is 83.4 Å². The molecule has 3 aromatic carbocycles. The number of hydrogen-bond acceptors (Lipinski definition) is 5. The molecule has 0 N–H and O–H groups in total. The van der Waals surface area contributed by atoms with Gasteiger partial charge in [-0.25, -0.2) is 0 Å². The fourth-order valence-corrected chi connectivity index (χ4v) is 3.51. The summed E-state index contributed by atoms with van der Waals surface area (Å²) >= 11 is 6.21. The van der Waals surface area contributed by atoms with Crippen molar-refractivity contribution in [2.45, 2.75) is 33.0 Å². The van der Waals surface area contributed by atoms with Gasteiger partial charge < -0.3 is 14.2 Å². The summed E-state index contributed by atoms with van der Waals surface area (Å²) in [4.78, 5) is 19.5. The van der Waals surface area contributed by atoms with Gasteiger partial charge in [0.2, 0.25) is 11.7 Å². The number of carbonyl (C=O) groups excluding carboxylic acids is 1. The molecule has 0 bridgehead atoms. The minimum atomic E-state index is -0.146. The number of rotatable bonds is 8. The van der Waals surface area contributed by atoms with E-state index in [1.165, 1.54) is 0 Å². The topological polar surface area (TPSA) is 68.5 Å². The lowest BCUT2D eigenvalue weighted by Gasteiger charge is -2.25. The molecule has 0 aliphatic carbocycles. The summed E-state index contributed by atoms with van der Waals surface area (Å²) in [6.45, 7) is 4.42. The van der Waals surface area contributed by atoms with Crippen molar-refractivity contribution >= 4 is 17.5 Å².